The molecule has 0 spiro atoms. The maximum atomic E-state index is 13.0. The number of para-hydroxylation sites is 2. The highest BCUT2D eigenvalue weighted by atomic mass is 35.5. The normalized spacial score (nSPS) is 12.8. The quantitative estimate of drug-likeness (QED) is 0.749. The minimum Gasteiger partial charge on any atom is -0.339 e. The summed E-state index contributed by atoms with van der Waals surface area (Å²) in [4.78, 5) is 23.5. The lowest BCUT2D eigenvalue weighted by molar-refractivity contribution is 0.0984. The lowest BCUT2D eigenvalue weighted by Crippen LogP contribution is -2.30. The van der Waals surface area contributed by atoms with Gasteiger partial charge in [0.25, 0.3) is 5.91 Å². The van der Waals surface area contributed by atoms with Crippen molar-refractivity contribution in [2.45, 2.75) is 13.3 Å². The van der Waals surface area contributed by atoms with Crippen molar-refractivity contribution in [2.24, 2.45) is 0 Å². The molecule has 0 saturated heterocycles. The van der Waals surface area contributed by atoms with E-state index in [4.69, 9.17) is 11.6 Å². The molecule has 0 fully saturated rings. The van der Waals surface area contributed by atoms with E-state index in [1.165, 1.54) is 5.56 Å². The second-order valence-electron chi connectivity index (χ2n) is 6.13. The SMILES string of the molecule is Cc1nc(Nc2ccccc2Cl)cc(C(=O)N2CCc3ccccc32)n1. The van der Waals surface area contributed by atoms with E-state index < -0.39 is 0 Å². The highest BCUT2D eigenvalue weighted by molar-refractivity contribution is 6.33. The minimum atomic E-state index is -0.123. The first-order chi connectivity index (χ1) is 12.6. The van der Waals surface area contributed by atoms with Gasteiger partial charge in [-0.25, -0.2) is 9.97 Å². The van der Waals surface area contributed by atoms with E-state index in [0.717, 1.165) is 17.8 Å². The molecule has 26 heavy (non-hydrogen) atoms. The van der Waals surface area contributed by atoms with Gasteiger partial charge in [0.1, 0.15) is 17.3 Å². The summed E-state index contributed by atoms with van der Waals surface area (Å²) in [7, 11) is 0. The van der Waals surface area contributed by atoms with Crippen LogP contribution in [0.25, 0.3) is 0 Å². The Kier molecular flexibility index (Phi) is 4.31. The van der Waals surface area contributed by atoms with Gasteiger partial charge < -0.3 is 10.2 Å². The van der Waals surface area contributed by atoms with E-state index in [1.807, 2.05) is 36.4 Å². The summed E-state index contributed by atoms with van der Waals surface area (Å²) in [5, 5.41) is 3.75. The Balaban J connectivity index is 1.64. The van der Waals surface area contributed by atoms with Crippen molar-refractivity contribution in [1.29, 1.82) is 0 Å². The Bertz CT molecular complexity index is 989. The average Bonchev–Trinajstić information content (AvgIpc) is 3.07. The second kappa shape index (κ2) is 6.77. The van der Waals surface area contributed by atoms with Gasteiger partial charge in [-0.15, -0.1) is 0 Å². The number of rotatable bonds is 3. The van der Waals surface area contributed by atoms with E-state index in [-0.39, 0.29) is 5.91 Å². The van der Waals surface area contributed by atoms with Gasteiger partial charge in [0.15, 0.2) is 0 Å². The molecule has 3 aromatic rings. The Morgan fingerprint density at radius 2 is 1.88 bits per heavy atom. The van der Waals surface area contributed by atoms with Gasteiger partial charge in [0.05, 0.1) is 10.7 Å². The summed E-state index contributed by atoms with van der Waals surface area (Å²) in [6.45, 7) is 2.43. The monoisotopic (exact) mass is 364 g/mol. The Hall–Kier alpha value is -2.92. The number of hydrogen-bond acceptors (Lipinski definition) is 4. The molecule has 0 unspecified atom stereocenters. The molecule has 1 aliphatic heterocycles. The van der Waals surface area contributed by atoms with Crippen molar-refractivity contribution >= 4 is 34.7 Å². The number of nitrogens with zero attached hydrogens (tertiary/aromatic N) is 3. The van der Waals surface area contributed by atoms with E-state index in [0.29, 0.717) is 28.9 Å². The fourth-order valence-electron chi connectivity index (χ4n) is 3.13. The van der Waals surface area contributed by atoms with E-state index in [2.05, 4.69) is 21.4 Å². The fraction of sp³-hybridized carbons (Fsp3) is 0.150. The van der Waals surface area contributed by atoms with Crippen LogP contribution in [0, 0.1) is 6.92 Å². The van der Waals surface area contributed by atoms with Crippen LogP contribution >= 0.6 is 11.6 Å². The molecule has 1 aliphatic rings. The second-order valence-corrected chi connectivity index (χ2v) is 6.53. The molecule has 2 aromatic carbocycles. The number of nitrogens with one attached hydrogen (secondary N) is 1. The number of carbonyl (C=O) groups is 1. The molecule has 2 heterocycles. The zero-order chi connectivity index (χ0) is 18.1. The zero-order valence-electron chi connectivity index (χ0n) is 14.2. The molecular formula is C20H17ClN4O. The van der Waals surface area contributed by atoms with Crippen LogP contribution in [0.3, 0.4) is 0 Å². The standard InChI is InChI=1S/C20H17ClN4O/c1-13-22-17(12-19(23-13)24-16-8-4-3-7-15(16)21)20(26)25-11-10-14-6-2-5-9-18(14)25/h2-9,12H,10-11H2,1H3,(H,22,23,24). The van der Waals surface area contributed by atoms with Crippen molar-refractivity contribution < 1.29 is 4.79 Å². The lowest BCUT2D eigenvalue weighted by atomic mass is 10.2. The molecule has 130 valence electrons. The molecule has 5 nitrogen and oxygen atoms in total. The summed E-state index contributed by atoms with van der Waals surface area (Å²) in [6, 6.07) is 17.0. The summed E-state index contributed by atoms with van der Waals surface area (Å²) in [5.74, 6) is 0.946. The van der Waals surface area contributed by atoms with Gasteiger partial charge in [-0.3, -0.25) is 4.79 Å². The minimum absolute atomic E-state index is 0.123. The molecule has 0 bridgehead atoms. The number of fused-ring (bicyclic) bond motifs is 1. The average molecular weight is 365 g/mol. The van der Waals surface area contributed by atoms with Crippen LogP contribution in [0.2, 0.25) is 5.02 Å². The molecule has 6 heteroatoms. The molecule has 0 radical (unpaired) electrons. The summed E-state index contributed by atoms with van der Waals surface area (Å²) in [5.41, 5.74) is 3.23. The fourth-order valence-corrected chi connectivity index (χ4v) is 3.31. The zero-order valence-corrected chi connectivity index (χ0v) is 15.0. The number of halogens is 1. The highest BCUT2D eigenvalue weighted by Gasteiger charge is 2.26. The van der Waals surface area contributed by atoms with Crippen molar-refractivity contribution in [3.8, 4) is 0 Å². The van der Waals surface area contributed by atoms with Crippen molar-refractivity contribution in [2.75, 3.05) is 16.8 Å². The molecular weight excluding hydrogens is 348 g/mol. The largest absolute Gasteiger partial charge is 0.339 e. The van der Waals surface area contributed by atoms with Crippen LogP contribution in [0.1, 0.15) is 21.9 Å². The molecule has 1 amide bonds. The van der Waals surface area contributed by atoms with Gasteiger partial charge >= 0.3 is 0 Å². The molecule has 0 aliphatic carbocycles. The Morgan fingerprint density at radius 3 is 2.73 bits per heavy atom. The first-order valence-corrected chi connectivity index (χ1v) is 8.76. The maximum absolute atomic E-state index is 13.0. The third-order valence-electron chi connectivity index (χ3n) is 4.33. The van der Waals surface area contributed by atoms with Crippen LogP contribution in [0.15, 0.2) is 54.6 Å². The number of carbonyl (C=O) groups excluding carboxylic acids is 1. The first kappa shape index (κ1) is 16.5. The van der Waals surface area contributed by atoms with Crippen molar-refractivity contribution in [3.05, 3.63) is 76.7 Å². The van der Waals surface area contributed by atoms with Gasteiger partial charge in [0.2, 0.25) is 0 Å². The van der Waals surface area contributed by atoms with Crippen LogP contribution in [-0.4, -0.2) is 22.4 Å². The number of benzene rings is 2. The molecule has 1 N–H and O–H groups in total. The molecule has 4 rings (SSSR count). The van der Waals surface area contributed by atoms with Gasteiger partial charge in [0, 0.05) is 18.3 Å². The first-order valence-electron chi connectivity index (χ1n) is 8.39. The van der Waals surface area contributed by atoms with Gasteiger partial charge in [-0.05, 0) is 37.1 Å². The van der Waals surface area contributed by atoms with Crippen molar-refractivity contribution in [1.82, 2.24) is 9.97 Å². The smallest absolute Gasteiger partial charge is 0.277 e. The summed E-state index contributed by atoms with van der Waals surface area (Å²) in [6.07, 6.45) is 0.858. The number of aromatic nitrogens is 2. The number of aryl methyl sites for hydroxylation is 1. The highest BCUT2D eigenvalue weighted by Crippen LogP contribution is 2.29. The third kappa shape index (κ3) is 3.13. The lowest BCUT2D eigenvalue weighted by Gasteiger charge is -2.17. The van der Waals surface area contributed by atoms with E-state index >= 15 is 0 Å². The maximum Gasteiger partial charge on any atom is 0.277 e. The van der Waals surface area contributed by atoms with Gasteiger partial charge in [-0.2, -0.15) is 0 Å². The number of hydrogen-bond donors (Lipinski definition) is 1. The van der Waals surface area contributed by atoms with Gasteiger partial charge in [-0.1, -0.05) is 41.9 Å². The summed E-state index contributed by atoms with van der Waals surface area (Å²) < 4.78 is 0. The van der Waals surface area contributed by atoms with E-state index in [9.17, 15) is 4.79 Å². The van der Waals surface area contributed by atoms with Crippen LogP contribution in [-0.2, 0) is 6.42 Å². The predicted molar refractivity (Wildman–Crippen MR) is 103 cm³/mol. The molecule has 1 aromatic heterocycles. The third-order valence-corrected chi connectivity index (χ3v) is 4.66. The number of amides is 1. The molecule has 0 atom stereocenters. The van der Waals surface area contributed by atoms with Crippen LogP contribution in [0.4, 0.5) is 17.2 Å². The Morgan fingerprint density at radius 1 is 1.12 bits per heavy atom. The molecule has 0 saturated carbocycles. The predicted octanol–water partition coefficient (Wildman–Crippen LogP) is 4.38. The van der Waals surface area contributed by atoms with Crippen LogP contribution < -0.4 is 10.2 Å². The number of anilines is 3. The topological polar surface area (TPSA) is 58.1 Å². The Labute approximate surface area is 156 Å². The summed E-state index contributed by atoms with van der Waals surface area (Å²) >= 11 is 6.20. The van der Waals surface area contributed by atoms with Crippen molar-refractivity contribution in [3.63, 3.8) is 0 Å². The van der Waals surface area contributed by atoms with Crippen LogP contribution in [0.5, 0.6) is 0 Å². The van der Waals surface area contributed by atoms with E-state index in [1.54, 1.807) is 24.0 Å².